The van der Waals surface area contributed by atoms with E-state index < -0.39 is 0 Å². The van der Waals surface area contributed by atoms with E-state index in [0.717, 1.165) is 12.2 Å². The third-order valence-electron chi connectivity index (χ3n) is 2.53. The molecule has 1 saturated carbocycles. The van der Waals surface area contributed by atoms with Gasteiger partial charge in [0, 0.05) is 0 Å². The summed E-state index contributed by atoms with van der Waals surface area (Å²) in [4.78, 5) is 0. The molecule has 0 saturated heterocycles. The van der Waals surface area contributed by atoms with Gasteiger partial charge in [-0.3, -0.25) is 0 Å². The fourth-order valence-electron chi connectivity index (χ4n) is 1.48. The van der Waals surface area contributed by atoms with Crippen LogP contribution in [0.4, 0.5) is 0 Å². The van der Waals surface area contributed by atoms with Gasteiger partial charge < -0.3 is 4.74 Å². The molecule has 0 bridgehead atoms. The Morgan fingerprint density at radius 3 is 2.77 bits per heavy atom. The number of benzene rings is 1. The van der Waals surface area contributed by atoms with Crippen molar-refractivity contribution in [3.05, 3.63) is 29.3 Å². The summed E-state index contributed by atoms with van der Waals surface area (Å²) in [5.74, 6) is 1.05. The smallest absolute Gasteiger partial charge is 0.120 e. The maximum absolute atomic E-state index is 5.72. The Hall–Kier alpha value is -0.980. The first-order chi connectivity index (χ1) is 6.29. The van der Waals surface area contributed by atoms with Crippen LogP contribution in [-0.2, 0) is 6.42 Å². The topological polar surface area (TPSA) is 9.23 Å². The van der Waals surface area contributed by atoms with Crippen LogP contribution in [0.15, 0.2) is 18.2 Å². The quantitative estimate of drug-likeness (QED) is 0.687. The van der Waals surface area contributed by atoms with E-state index in [2.05, 4.69) is 32.0 Å². The summed E-state index contributed by atoms with van der Waals surface area (Å²) < 4.78 is 5.72. The lowest BCUT2D eigenvalue weighted by Crippen LogP contribution is -1.97. The Balaban J connectivity index is 2.16. The molecule has 13 heavy (non-hydrogen) atoms. The lowest BCUT2D eigenvalue weighted by atomic mass is 10.1. The zero-order valence-corrected chi connectivity index (χ0v) is 8.34. The molecule has 0 spiro atoms. The van der Waals surface area contributed by atoms with E-state index in [1.807, 2.05) is 0 Å². The van der Waals surface area contributed by atoms with E-state index in [4.69, 9.17) is 4.74 Å². The maximum atomic E-state index is 5.72. The Kier molecular flexibility index (Phi) is 2.26. The predicted octanol–water partition coefficient (Wildman–Crippen LogP) is 3.10. The number of hydrogen-bond donors (Lipinski definition) is 0. The first-order valence-corrected chi connectivity index (χ1v) is 5.06. The second kappa shape index (κ2) is 3.41. The van der Waals surface area contributed by atoms with Gasteiger partial charge in [0.2, 0.25) is 0 Å². The normalized spacial score (nSPS) is 15.8. The monoisotopic (exact) mass is 176 g/mol. The molecule has 0 aliphatic heterocycles. The lowest BCUT2D eigenvalue weighted by molar-refractivity contribution is 0.303. The minimum Gasteiger partial charge on any atom is -0.490 e. The largest absolute Gasteiger partial charge is 0.490 e. The van der Waals surface area contributed by atoms with Crippen LogP contribution >= 0.6 is 0 Å². The van der Waals surface area contributed by atoms with Gasteiger partial charge in [-0.25, -0.2) is 0 Å². The molecule has 1 fully saturated rings. The summed E-state index contributed by atoms with van der Waals surface area (Å²) in [6, 6.07) is 6.40. The Morgan fingerprint density at radius 2 is 2.15 bits per heavy atom. The fourth-order valence-corrected chi connectivity index (χ4v) is 1.48. The summed E-state index contributed by atoms with van der Waals surface area (Å²) in [6.07, 6.45) is 4.06. The van der Waals surface area contributed by atoms with Gasteiger partial charge in [-0.05, 0) is 49.4 Å². The minimum atomic E-state index is 0.507. The Morgan fingerprint density at radius 1 is 1.38 bits per heavy atom. The van der Waals surface area contributed by atoms with E-state index in [1.54, 1.807) is 0 Å². The fraction of sp³-hybridized carbons (Fsp3) is 0.500. The summed E-state index contributed by atoms with van der Waals surface area (Å²) in [7, 11) is 0. The van der Waals surface area contributed by atoms with Crippen LogP contribution in [0.3, 0.4) is 0 Å². The summed E-state index contributed by atoms with van der Waals surface area (Å²) >= 11 is 0. The number of aryl methyl sites for hydroxylation is 2. The van der Waals surface area contributed by atoms with Crippen molar-refractivity contribution in [2.24, 2.45) is 0 Å². The van der Waals surface area contributed by atoms with Crippen LogP contribution in [0.25, 0.3) is 0 Å². The molecule has 0 aromatic heterocycles. The van der Waals surface area contributed by atoms with E-state index in [1.165, 1.54) is 24.0 Å². The molecule has 1 aromatic rings. The van der Waals surface area contributed by atoms with Crippen molar-refractivity contribution >= 4 is 0 Å². The molecule has 2 rings (SSSR count). The van der Waals surface area contributed by atoms with Gasteiger partial charge in [0.1, 0.15) is 5.75 Å². The average Bonchev–Trinajstić information content (AvgIpc) is 2.92. The lowest BCUT2D eigenvalue weighted by Gasteiger charge is -2.08. The SMILES string of the molecule is CCc1cc(OC2CC2)ccc1C. The molecule has 1 aromatic carbocycles. The number of rotatable bonds is 3. The summed E-state index contributed by atoms with van der Waals surface area (Å²) in [6.45, 7) is 4.34. The third kappa shape index (κ3) is 2.03. The molecule has 0 heterocycles. The highest BCUT2D eigenvalue weighted by Crippen LogP contribution is 2.27. The molecule has 0 N–H and O–H groups in total. The van der Waals surface area contributed by atoms with Crippen molar-refractivity contribution in [3.63, 3.8) is 0 Å². The van der Waals surface area contributed by atoms with E-state index in [0.29, 0.717) is 6.10 Å². The molecule has 0 radical (unpaired) electrons. The molecule has 1 heteroatoms. The average molecular weight is 176 g/mol. The van der Waals surface area contributed by atoms with Crippen molar-refractivity contribution in [1.82, 2.24) is 0 Å². The molecule has 70 valence electrons. The molecular formula is C12H16O. The van der Waals surface area contributed by atoms with E-state index in [9.17, 15) is 0 Å². The maximum Gasteiger partial charge on any atom is 0.120 e. The van der Waals surface area contributed by atoms with Gasteiger partial charge in [-0.1, -0.05) is 13.0 Å². The first-order valence-electron chi connectivity index (χ1n) is 5.06. The highest BCUT2D eigenvalue weighted by Gasteiger charge is 2.23. The molecule has 1 aliphatic carbocycles. The van der Waals surface area contributed by atoms with Crippen LogP contribution in [-0.4, -0.2) is 6.10 Å². The van der Waals surface area contributed by atoms with Crippen LogP contribution in [0.2, 0.25) is 0 Å². The zero-order chi connectivity index (χ0) is 9.26. The predicted molar refractivity (Wildman–Crippen MR) is 54.2 cm³/mol. The summed E-state index contributed by atoms with van der Waals surface area (Å²) in [5.41, 5.74) is 2.77. The van der Waals surface area contributed by atoms with Crippen molar-refractivity contribution in [1.29, 1.82) is 0 Å². The second-order valence-corrected chi connectivity index (χ2v) is 3.76. The Bertz CT molecular complexity index is 300. The van der Waals surface area contributed by atoms with Gasteiger partial charge in [0.05, 0.1) is 6.10 Å². The molecule has 1 nitrogen and oxygen atoms in total. The highest BCUT2D eigenvalue weighted by molar-refractivity contribution is 5.35. The van der Waals surface area contributed by atoms with Crippen LogP contribution < -0.4 is 4.74 Å². The van der Waals surface area contributed by atoms with Gasteiger partial charge in [0.15, 0.2) is 0 Å². The van der Waals surface area contributed by atoms with Gasteiger partial charge in [-0.2, -0.15) is 0 Å². The second-order valence-electron chi connectivity index (χ2n) is 3.76. The van der Waals surface area contributed by atoms with Crippen LogP contribution in [0.5, 0.6) is 5.75 Å². The summed E-state index contributed by atoms with van der Waals surface area (Å²) in [5, 5.41) is 0. The first kappa shape index (κ1) is 8.61. The van der Waals surface area contributed by atoms with Crippen molar-refractivity contribution in [3.8, 4) is 5.75 Å². The van der Waals surface area contributed by atoms with E-state index >= 15 is 0 Å². The molecular weight excluding hydrogens is 160 g/mol. The standard InChI is InChI=1S/C12H16O/c1-3-10-8-12(5-4-9(10)2)13-11-6-7-11/h4-5,8,11H,3,6-7H2,1-2H3. The van der Waals surface area contributed by atoms with Crippen molar-refractivity contribution in [2.45, 2.75) is 39.2 Å². The third-order valence-corrected chi connectivity index (χ3v) is 2.53. The molecule has 0 amide bonds. The molecule has 1 aliphatic rings. The molecule has 0 atom stereocenters. The minimum absolute atomic E-state index is 0.507. The number of ether oxygens (including phenoxy) is 1. The van der Waals surface area contributed by atoms with Gasteiger partial charge in [0.25, 0.3) is 0 Å². The van der Waals surface area contributed by atoms with Crippen molar-refractivity contribution < 1.29 is 4.74 Å². The highest BCUT2D eigenvalue weighted by atomic mass is 16.5. The van der Waals surface area contributed by atoms with Gasteiger partial charge >= 0.3 is 0 Å². The van der Waals surface area contributed by atoms with Crippen LogP contribution in [0.1, 0.15) is 30.9 Å². The van der Waals surface area contributed by atoms with E-state index in [-0.39, 0.29) is 0 Å². The zero-order valence-electron chi connectivity index (χ0n) is 8.34. The number of hydrogen-bond acceptors (Lipinski definition) is 1. The molecule has 0 unspecified atom stereocenters. The van der Waals surface area contributed by atoms with Crippen molar-refractivity contribution in [2.75, 3.05) is 0 Å². The Labute approximate surface area is 79.7 Å². The van der Waals surface area contributed by atoms with Crippen LogP contribution in [0, 0.1) is 6.92 Å². The van der Waals surface area contributed by atoms with Gasteiger partial charge in [-0.15, -0.1) is 0 Å².